The van der Waals surface area contributed by atoms with E-state index in [4.69, 9.17) is 0 Å². The van der Waals surface area contributed by atoms with Crippen LogP contribution < -0.4 is 0 Å². The van der Waals surface area contributed by atoms with E-state index in [1.807, 2.05) is 0 Å². The molecule has 1 aliphatic heterocycles. The maximum Gasteiger partial charge on any atom is 0.227 e. The number of halogens is 1. The lowest BCUT2D eigenvalue weighted by atomic mass is 10.0. The highest BCUT2D eigenvalue weighted by molar-refractivity contribution is 9.09. The van der Waals surface area contributed by atoms with E-state index in [9.17, 15) is 4.79 Å². The number of carbonyl (C=O) groups is 1. The predicted octanol–water partition coefficient (Wildman–Crippen LogP) is 4.01. The molecule has 0 spiro atoms. The van der Waals surface area contributed by atoms with Crippen molar-refractivity contribution in [3.05, 3.63) is 34.9 Å². The van der Waals surface area contributed by atoms with E-state index >= 15 is 0 Å². The van der Waals surface area contributed by atoms with Crippen LogP contribution in [0, 0.1) is 13.8 Å². The monoisotopic (exact) mass is 337 g/mol. The second-order valence-corrected chi connectivity index (χ2v) is 6.49. The first-order valence-corrected chi connectivity index (χ1v) is 8.65. The third-order valence-electron chi connectivity index (χ3n) is 4.30. The van der Waals surface area contributed by atoms with E-state index in [0.29, 0.717) is 12.5 Å². The van der Waals surface area contributed by atoms with Crippen molar-refractivity contribution in [3.8, 4) is 0 Å². The average molecular weight is 338 g/mol. The minimum atomic E-state index is 0.277. The quantitative estimate of drug-likeness (QED) is 0.763. The van der Waals surface area contributed by atoms with Crippen LogP contribution in [0.3, 0.4) is 0 Å². The van der Waals surface area contributed by atoms with Crippen molar-refractivity contribution in [3.63, 3.8) is 0 Å². The van der Waals surface area contributed by atoms with Crippen LogP contribution in [0.1, 0.15) is 42.4 Å². The van der Waals surface area contributed by atoms with Crippen molar-refractivity contribution in [1.82, 2.24) is 4.90 Å². The zero-order chi connectivity index (χ0) is 14.5. The molecule has 2 nitrogen and oxygen atoms in total. The maximum absolute atomic E-state index is 12.6. The fraction of sp³-hybridized carbons (Fsp3) is 0.588. The van der Waals surface area contributed by atoms with Gasteiger partial charge in [0, 0.05) is 17.9 Å². The molecule has 110 valence electrons. The molecular formula is C17H24BrNO. The van der Waals surface area contributed by atoms with Crippen molar-refractivity contribution < 1.29 is 4.79 Å². The SMILES string of the molecule is Cc1ccc(CC(=O)N2CCCCCC2CBr)cc1C. The lowest BCUT2D eigenvalue weighted by Crippen LogP contribution is -2.41. The fourth-order valence-electron chi connectivity index (χ4n) is 2.86. The topological polar surface area (TPSA) is 20.3 Å². The standard InChI is InChI=1S/C17H24BrNO/c1-13-7-8-15(10-14(13)2)11-17(20)19-9-5-3-4-6-16(19)12-18/h7-8,10,16H,3-6,9,11-12H2,1-2H3. The lowest BCUT2D eigenvalue weighted by molar-refractivity contribution is -0.132. The van der Waals surface area contributed by atoms with Crippen LogP contribution >= 0.6 is 15.9 Å². The van der Waals surface area contributed by atoms with E-state index < -0.39 is 0 Å². The molecule has 0 N–H and O–H groups in total. The zero-order valence-electron chi connectivity index (χ0n) is 12.5. The molecule has 0 radical (unpaired) electrons. The highest BCUT2D eigenvalue weighted by atomic mass is 79.9. The van der Waals surface area contributed by atoms with Crippen molar-refractivity contribution in [2.75, 3.05) is 11.9 Å². The number of benzene rings is 1. The summed E-state index contributed by atoms with van der Waals surface area (Å²) < 4.78 is 0. The van der Waals surface area contributed by atoms with E-state index in [2.05, 4.69) is 52.9 Å². The van der Waals surface area contributed by atoms with Gasteiger partial charge in [0.1, 0.15) is 0 Å². The Morgan fingerprint density at radius 2 is 2.05 bits per heavy atom. The van der Waals surface area contributed by atoms with Crippen LogP contribution in [0.25, 0.3) is 0 Å². The van der Waals surface area contributed by atoms with Crippen LogP contribution in [0.15, 0.2) is 18.2 Å². The predicted molar refractivity (Wildman–Crippen MR) is 87.4 cm³/mol. The molecule has 1 amide bonds. The van der Waals surface area contributed by atoms with Crippen molar-refractivity contribution in [1.29, 1.82) is 0 Å². The number of alkyl halides is 1. The molecule has 1 heterocycles. The lowest BCUT2D eigenvalue weighted by Gasteiger charge is -2.29. The Morgan fingerprint density at radius 1 is 1.25 bits per heavy atom. The summed E-state index contributed by atoms with van der Waals surface area (Å²) in [6, 6.07) is 6.72. The second-order valence-electron chi connectivity index (χ2n) is 5.84. The molecule has 1 saturated heterocycles. The first-order valence-electron chi connectivity index (χ1n) is 7.53. The summed E-state index contributed by atoms with van der Waals surface area (Å²) in [5.41, 5.74) is 3.69. The molecule has 0 aliphatic carbocycles. The van der Waals surface area contributed by atoms with Gasteiger partial charge in [-0.1, -0.05) is 47.0 Å². The second kappa shape index (κ2) is 7.26. The molecule has 0 bridgehead atoms. The third-order valence-corrected chi connectivity index (χ3v) is 5.05. The van der Waals surface area contributed by atoms with Gasteiger partial charge in [-0.15, -0.1) is 0 Å². The number of carbonyl (C=O) groups excluding carboxylic acids is 1. The maximum atomic E-state index is 12.6. The highest BCUT2D eigenvalue weighted by Crippen LogP contribution is 2.20. The van der Waals surface area contributed by atoms with Crippen LogP contribution in [0.5, 0.6) is 0 Å². The van der Waals surface area contributed by atoms with Crippen molar-refractivity contribution in [2.24, 2.45) is 0 Å². The Balaban J connectivity index is 2.07. The molecule has 2 rings (SSSR count). The van der Waals surface area contributed by atoms with Crippen molar-refractivity contribution >= 4 is 21.8 Å². The molecular weight excluding hydrogens is 314 g/mol. The number of hydrogen-bond acceptors (Lipinski definition) is 1. The highest BCUT2D eigenvalue weighted by Gasteiger charge is 2.24. The molecule has 0 aromatic heterocycles. The van der Waals surface area contributed by atoms with Gasteiger partial charge in [-0.2, -0.15) is 0 Å². The summed E-state index contributed by atoms with van der Waals surface area (Å²) in [7, 11) is 0. The molecule has 20 heavy (non-hydrogen) atoms. The van der Waals surface area contributed by atoms with Gasteiger partial charge in [0.15, 0.2) is 0 Å². The Bertz CT molecular complexity index is 472. The van der Waals surface area contributed by atoms with E-state index in [1.54, 1.807) is 0 Å². The smallest absolute Gasteiger partial charge is 0.227 e. The van der Waals surface area contributed by atoms with Crippen LogP contribution in [0.2, 0.25) is 0 Å². The van der Waals surface area contributed by atoms with E-state index in [0.717, 1.165) is 30.3 Å². The van der Waals surface area contributed by atoms with Gasteiger partial charge in [-0.3, -0.25) is 4.79 Å². The fourth-order valence-corrected chi connectivity index (χ4v) is 3.53. The Morgan fingerprint density at radius 3 is 2.75 bits per heavy atom. The molecule has 0 saturated carbocycles. The van der Waals surface area contributed by atoms with E-state index in [1.165, 1.54) is 24.0 Å². The number of hydrogen-bond donors (Lipinski definition) is 0. The van der Waals surface area contributed by atoms with Gasteiger partial charge in [0.25, 0.3) is 0 Å². The van der Waals surface area contributed by atoms with Crippen molar-refractivity contribution in [2.45, 2.75) is 52.0 Å². The molecule has 1 unspecified atom stereocenters. The van der Waals surface area contributed by atoms with Gasteiger partial charge in [-0.25, -0.2) is 0 Å². The van der Waals surface area contributed by atoms with Crippen LogP contribution in [0.4, 0.5) is 0 Å². The normalized spacial score (nSPS) is 19.8. The average Bonchev–Trinajstić information content (AvgIpc) is 2.68. The molecule has 3 heteroatoms. The first kappa shape index (κ1) is 15.6. The summed E-state index contributed by atoms with van der Waals surface area (Å²) in [4.78, 5) is 14.7. The van der Waals surface area contributed by atoms with Crippen LogP contribution in [-0.4, -0.2) is 28.7 Å². The Labute approximate surface area is 130 Å². The number of rotatable bonds is 3. The summed E-state index contributed by atoms with van der Waals surface area (Å²) in [6.07, 6.45) is 5.29. The van der Waals surface area contributed by atoms with Gasteiger partial charge >= 0.3 is 0 Å². The number of amides is 1. The minimum Gasteiger partial charge on any atom is -0.339 e. The first-order chi connectivity index (χ1) is 9.61. The molecule has 1 atom stereocenters. The van der Waals surface area contributed by atoms with Gasteiger partial charge < -0.3 is 4.90 Å². The third kappa shape index (κ3) is 3.85. The summed E-state index contributed by atoms with van der Waals surface area (Å²) >= 11 is 3.57. The molecule has 1 aromatic rings. The largest absolute Gasteiger partial charge is 0.339 e. The van der Waals surface area contributed by atoms with Gasteiger partial charge in [0.2, 0.25) is 5.91 Å². The molecule has 1 aromatic carbocycles. The molecule has 1 aliphatic rings. The van der Waals surface area contributed by atoms with Crippen LogP contribution in [-0.2, 0) is 11.2 Å². The summed E-state index contributed by atoms with van der Waals surface area (Å²) in [5.74, 6) is 0.277. The minimum absolute atomic E-state index is 0.277. The molecule has 1 fully saturated rings. The van der Waals surface area contributed by atoms with E-state index in [-0.39, 0.29) is 5.91 Å². The van der Waals surface area contributed by atoms with Gasteiger partial charge in [0.05, 0.1) is 6.42 Å². The Kier molecular flexibility index (Phi) is 5.64. The van der Waals surface area contributed by atoms with Gasteiger partial charge in [-0.05, 0) is 43.4 Å². The number of aryl methyl sites for hydroxylation is 2. The number of likely N-dealkylation sites (tertiary alicyclic amines) is 1. The zero-order valence-corrected chi connectivity index (χ0v) is 14.1. The summed E-state index contributed by atoms with van der Waals surface area (Å²) in [5, 5.41) is 0.895. The summed E-state index contributed by atoms with van der Waals surface area (Å²) in [6.45, 7) is 5.13. The Hall–Kier alpha value is -0.830. The number of nitrogens with zero attached hydrogens (tertiary/aromatic N) is 1.